The smallest absolute Gasteiger partial charge is 0.162 e. The largest absolute Gasteiger partial charge is 0.493 e. The van der Waals surface area contributed by atoms with Crippen molar-refractivity contribution >= 4 is 11.4 Å². The molecule has 0 heterocycles. The predicted molar refractivity (Wildman–Crippen MR) is 75.8 cm³/mol. The first kappa shape index (κ1) is 13.8. The van der Waals surface area contributed by atoms with Crippen molar-refractivity contribution in [3.63, 3.8) is 0 Å². The Hall–Kier alpha value is -1.62. The third-order valence-electron chi connectivity index (χ3n) is 4.10. The van der Waals surface area contributed by atoms with Gasteiger partial charge in [-0.15, -0.1) is 0 Å². The lowest BCUT2D eigenvalue weighted by Crippen LogP contribution is -2.56. The molecule has 0 radical (unpaired) electrons. The summed E-state index contributed by atoms with van der Waals surface area (Å²) < 4.78 is 10.5. The number of benzene rings is 1. The highest BCUT2D eigenvalue weighted by atomic mass is 16.5. The fourth-order valence-corrected chi connectivity index (χ4v) is 2.35. The van der Waals surface area contributed by atoms with Crippen molar-refractivity contribution in [3.05, 3.63) is 12.1 Å². The van der Waals surface area contributed by atoms with Crippen LogP contribution in [0.5, 0.6) is 11.5 Å². The molecule has 19 heavy (non-hydrogen) atoms. The SMILES string of the molecule is COc1cc(N)c(NC2CC(O)C2(C)C)cc1OC. The standard InChI is InChI=1S/C14H22N2O3/c1-14(2)12(7-13(14)17)16-9-6-11(19-4)10(18-3)5-8(9)15/h5-6,12-13,16-17H,7,15H2,1-4H3. The van der Waals surface area contributed by atoms with Crippen molar-refractivity contribution in [2.45, 2.75) is 32.4 Å². The molecule has 0 spiro atoms. The minimum Gasteiger partial charge on any atom is -0.493 e. The summed E-state index contributed by atoms with van der Waals surface area (Å²) in [6.07, 6.45) is 0.451. The van der Waals surface area contributed by atoms with Crippen LogP contribution >= 0.6 is 0 Å². The summed E-state index contributed by atoms with van der Waals surface area (Å²) in [5.74, 6) is 1.25. The minimum absolute atomic E-state index is 0.153. The second-order valence-electron chi connectivity index (χ2n) is 5.56. The third-order valence-corrected chi connectivity index (χ3v) is 4.10. The molecule has 1 aromatic rings. The van der Waals surface area contributed by atoms with E-state index in [0.717, 1.165) is 12.1 Å². The fraction of sp³-hybridized carbons (Fsp3) is 0.571. The third kappa shape index (κ3) is 2.30. The van der Waals surface area contributed by atoms with E-state index in [4.69, 9.17) is 15.2 Å². The van der Waals surface area contributed by atoms with Crippen molar-refractivity contribution in [1.82, 2.24) is 0 Å². The lowest BCUT2D eigenvalue weighted by molar-refractivity contribution is -0.0510. The molecule has 1 aliphatic rings. The summed E-state index contributed by atoms with van der Waals surface area (Å²) in [4.78, 5) is 0. The number of aliphatic hydroxyl groups excluding tert-OH is 1. The number of rotatable bonds is 4. The molecule has 0 saturated heterocycles. The molecule has 1 aromatic carbocycles. The molecule has 0 amide bonds. The maximum Gasteiger partial charge on any atom is 0.162 e. The van der Waals surface area contributed by atoms with Crippen LogP contribution in [0.2, 0.25) is 0 Å². The zero-order chi connectivity index (χ0) is 14.2. The Balaban J connectivity index is 2.22. The second-order valence-corrected chi connectivity index (χ2v) is 5.56. The monoisotopic (exact) mass is 266 g/mol. The van der Waals surface area contributed by atoms with Crippen LogP contribution in [0.3, 0.4) is 0 Å². The summed E-state index contributed by atoms with van der Waals surface area (Å²) in [6.45, 7) is 4.07. The Morgan fingerprint density at radius 3 is 2.32 bits per heavy atom. The molecular formula is C14H22N2O3. The molecule has 0 aromatic heterocycles. The van der Waals surface area contributed by atoms with Crippen molar-refractivity contribution < 1.29 is 14.6 Å². The van der Waals surface area contributed by atoms with Gasteiger partial charge in [0.1, 0.15) is 0 Å². The average molecular weight is 266 g/mol. The number of nitrogens with one attached hydrogen (secondary N) is 1. The van der Waals surface area contributed by atoms with Crippen molar-refractivity contribution in [1.29, 1.82) is 0 Å². The molecular weight excluding hydrogens is 244 g/mol. The molecule has 0 bridgehead atoms. The summed E-state index contributed by atoms with van der Waals surface area (Å²) >= 11 is 0. The zero-order valence-corrected chi connectivity index (χ0v) is 11.9. The lowest BCUT2D eigenvalue weighted by atomic mass is 9.64. The first-order valence-corrected chi connectivity index (χ1v) is 6.36. The van der Waals surface area contributed by atoms with Crippen LogP contribution in [-0.2, 0) is 0 Å². The quantitative estimate of drug-likeness (QED) is 0.725. The Kier molecular flexibility index (Phi) is 3.49. The van der Waals surface area contributed by atoms with Gasteiger partial charge in [-0.3, -0.25) is 0 Å². The maximum absolute atomic E-state index is 9.76. The van der Waals surface area contributed by atoms with Crippen LogP contribution in [0, 0.1) is 5.41 Å². The molecule has 0 aliphatic heterocycles. The Bertz CT molecular complexity index is 474. The number of ether oxygens (including phenoxy) is 2. The van der Waals surface area contributed by atoms with Crippen molar-refractivity contribution in [3.8, 4) is 11.5 Å². The second kappa shape index (κ2) is 4.81. The molecule has 1 saturated carbocycles. The van der Waals surface area contributed by atoms with Gasteiger partial charge in [0.15, 0.2) is 11.5 Å². The van der Waals surface area contributed by atoms with Gasteiger partial charge in [0.2, 0.25) is 0 Å². The Morgan fingerprint density at radius 1 is 1.26 bits per heavy atom. The van der Waals surface area contributed by atoms with Gasteiger partial charge in [0.25, 0.3) is 0 Å². The van der Waals surface area contributed by atoms with E-state index in [9.17, 15) is 5.11 Å². The van der Waals surface area contributed by atoms with Crippen molar-refractivity contribution in [2.24, 2.45) is 5.41 Å². The topological polar surface area (TPSA) is 76.7 Å². The Morgan fingerprint density at radius 2 is 1.84 bits per heavy atom. The first-order valence-electron chi connectivity index (χ1n) is 6.36. The van der Waals surface area contributed by atoms with Gasteiger partial charge < -0.3 is 25.6 Å². The van der Waals surface area contributed by atoms with Gasteiger partial charge in [0.05, 0.1) is 31.7 Å². The van der Waals surface area contributed by atoms with E-state index in [2.05, 4.69) is 5.32 Å². The average Bonchev–Trinajstić information content (AvgIpc) is 2.39. The highest BCUT2D eigenvalue weighted by molar-refractivity contribution is 5.72. The zero-order valence-electron chi connectivity index (χ0n) is 11.9. The highest BCUT2D eigenvalue weighted by Gasteiger charge is 2.47. The van der Waals surface area contributed by atoms with Gasteiger partial charge in [0, 0.05) is 23.6 Å². The molecule has 2 rings (SSSR count). The lowest BCUT2D eigenvalue weighted by Gasteiger charge is -2.50. The molecule has 2 unspecified atom stereocenters. The molecule has 4 N–H and O–H groups in total. The molecule has 2 atom stereocenters. The van der Waals surface area contributed by atoms with Crippen LogP contribution in [0.15, 0.2) is 12.1 Å². The van der Waals surface area contributed by atoms with E-state index >= 15 is 0 Å². The van der Waals surface area contributed by atoms with E-state index in [1.54, 1.807) is 20.3 Å². The molecule has 5 nitrogen and oxygen atoms in total. The van der Waals surface area contributed by atoms with Crippen LogP contribution in [-0.4, -0.2) is 31.5 Å². The summed E-state index contributed by atoms with van der Waals surface area (Å²) in [6, 6.07) is 3.76. The molecule has 1 aliphatic carbocycles. The normalized spacial score (nSPS) is 24.5. The number of nitrogens with two attached hydrogens (primary N) is 1. The summed E-state index contributed by atoms with van der Waals surface area (Å²) in [5, 5.41) is 13.1. The van der Waals surface area contributed by atoms with Gasteiger partial charge in [-0.25, -0.2) is 0 Å². The highest BCUT2D eigenvalue weighted by Crippen LogP contribution is 2.44. The van der Waals surface area contributed by atoms with Crippen molar-refractivity contribution in [2.75, 3.05) is 25.3 Å². The minimum atomic E-state index is -0.272. The molecule has 5 heteroatoms. The number of hydrogen-bond acceptors (Lipinski definition) is 5. The summed E-state index contributed by atoms with van der Waals surface area (Å²) in [5.41, 5.74) is 7.27. The van der Waals surface area contributed by atoms with Crippen LogP contribution in [0.4, 0.5) is 11.4 Å². The van der Waals surface area contributed by atoms with Crippen LogP contribution < -0.4 is 20.5 Å². The first-order chi connectivity index (χ1) is 8.90. The van der Waals surface area contributed by atoms with Crippen LogP contribution in [0.25, 0.3) is 0 Å². The van der Waals surface area contributed by atoms with Gasteiger partial charge in [-0.05, 0) is 6.42 Å². The van der Waals surface area contributed by atoms with E-state index in [-0.39, 0.29) is 17.6 Å². The Labute approximate surface area is 113 Å². The number of anilines is 2. The maximum atomic E-state index is 9.76. The number of methoxy groups -OCH3 is 2. The molecule has 106 valence electrons. The number of nitrogen functional groups attached to an aromatic ring is 1. The van der Waals surface area contributed by atoms with E-state index in [1.165, 1.54) is 0 Å². The molecule has 1 fully saturated rings. The number of aliphatic hydroxyl groups is 1. The predicted octanol–water partition coefficient (Wildman–Crippen LogP) is 1.86. The van der Waals surface area contributed by atoms with Crippen LogP contribution in [0.1, 0.15) is 20.3 Å². The summed E-state index contributed by atoms with van der Waals surface area (Å²) in [7, 11) is 3.17. The van der Waals surface area contributed by atoms with E-state index in [0.29, 0.717) is 17.2 Å². The van der Waals surface area contributed by atoms with E-state index in [1.807, 2.05) is 19.9 Å². The number of hydrogen-bond donors (Lipinski definition) is 3. The van der Waals surface area contributed by atoms with Gasteiger partial charge in [-0.2, -0.15) is 0 Å². The van der Waals surface area contributed by atoms with Gasteiger partial charge in [-0.1, -0.05) is 13.8 Å². The van der Waals surface area contributed by atoms with Gasteiger partial charge >= 0.3 is 0 Å². The van der Waals surface area contributed by atoms with E-state index < -0.39 is 0 Å². The fourth-order valence-electron chi connectivity index (χ4n) is 2.35.